The van der Waals surface area contributed by atoms with Crippen LogP contribution in [0.5, 0.6) is 0 Å². The molecule has 0 aliphatic heterocycles. The Morgan fingerprint density at radius 1 is 0.293 bits per heavy atom. The number of aliphatic imine (C=N–C) groups is 2. The van der Waals surface area contributed by atoms with Crippen molar-refractivity contribution >= 4 is 35.0 Å². The summed E-state index contributed by atoms with van der Waals surface area (Å²) in [5, 5.41) is 0. The van der Waals surface area contributed by atoms with E-state index in [-0.39, 0.29) is 20.4 Å². The topological polar surface area (TPSA) is 24.7 Å². The minimum Gasteiger partial charge on any atom is -0.251 e. The molecule has 2 aromatic carbocycles. The largest absolute Gasteiger partial charge is 0.251 e. The van der Waals surface area contributed by atoms with E-state index in [4.69, 9.17) is 9.98 Å². The Bertz CT molecular complexity index is 1630. The molecule has 0 aliphatic rings. The van der Waals surface area contributed by atoms with Crippen LogP contribution < -0.4 is 0 Å². The molecule has 2 aromatic rings. The zero-order chi connectivity index (χ0) is 52.7. The quantitative estimate of drug-likeness (QED) is 0.0358. The molecule has 0 N–H and O–H groups in total. The number of unbranched alkanes of at least 4 members (excludes halogenated alkanes) is 43. The zero-order valence-corrected chi connectivity index (χ0v) is 51.8. The van der Waals surface area contributed by atoms with Crippen LogP contribution in [0.4, 0.5) is 11.4 Å². The zero-order valence-electron chi connectivity index (χ0n) is 50.2. The molecule has 3 heteroatoms. The van der Waals surface area contributed by atoms with Crippen LogP contribution in [0.3, 0.4) is 0 Å². The Kier molecular flexibility index (Phi) is 53.1. The Morgan fingerprint density at radius 3 is 0.840 bits per heavy atom. The number of benzene rings is 2. The van der Waals surface area contributed by atoms with E-state index in [1.807, 2.05) is 0 Å². The summed E-state index contributed by atoms with van der Waals surface area (Å²) in [6.07, 6.45) is 79.8. The Morgan fingerprint density at radius 2 is 0.547 bits per heavy atom. The summed E-state index contributed by atoms with van der Waals surface area (Å²) in [5.74, 6) is 0. The second-order valence-electron chi connectivity index (χ2n) is 22.7. The number of hydrogen-bond acceptors (Lipinski definition) is 2. The third-order valence-electron chi connectivity index (χ3n) is 15.4. The van der Waals surface area contributed by atoms with Gasteiger partial charge in [0.15, 0.2) is 0 Å². The van der Waals surface area contributed by atoms with E-state index in [0.29, 0.717) is 0 Å². The van der Waals surface area contributed by atoms with Crippen LogP contribution >= 0.6 is 0 Å². The SMILES string of the molecule is CCCCCCCCCCCCC=Cc1ccc(N=C(C=CCCCCCCCCCCCCCCCCCCCCCCCC)C(CCCC)=Nc2ccc(C=CCCCCCCCCCCCC)cc2)cc1.[Pd]. The van der Waals surface area contributed by atoms with Gasteiger partial charge in [-0.05, 0) is 92.8 Å². The Labute approximate surface area is 482 Å². The summed E-state index contributed by atoms with van der Waals surface area (Å²) >= 11 is 0. The summed E-state index contributed by atoms with van der Waals surface area (Å²) in [7, 11) is 0. The second-order valence-corrected chi connectivity index (χ2v) is 22.7. The minimum atomic E-state index is 0. The maximum atomic E-state index is 5.32. The molecule has 0 bridgehead atoms. The van der Waals surface area contributed by atoms with Gasteiger partial charge in [0.25, 0.3) is 0 Å². The summed E-state index contributed by atoms with van der Waals surface area (Å²) in [5.41, 5.74) is 6.66. The normalized spacial score (nSPS) is 12.3. The molecule has 0 saturated heterocycles. The van der Waals surface area contributed by atoms with E-state index in [2.05, 4.69) is 113 Å². The van der Waals surface area contributed by atoms with Gasteiger partial charge in [0, 0.05) is 20.4 Å². The Hall–Kier alpha value is -2.34. The standard InChI is InChI=1S/C72H122N2.Pd/c1-5-9-13-16-19-22-25-28-29-30-31-32-33-34-35-36-37-38-39-42-45-48-51-54-58-72(74-70-65-61-68(62-66-70)56-53-50-47-44-41-27-24-21-18-15-11-7-3)71(57-12-8-4)73-69-63-59-67(60-64-69)55-52-49-46-43-40-26-23-20-17-14-10-6-2;/h52-56,58-66H,5-51,57H2,1-4H3;. The monoisotopic (exact) mass is 1120 g/mol. The van der Waals surface area contributed by atoms with Gasteiger partial charge in [-0.3, -0.25) is 4.99 Å². The van der Waals surface area contributed by atoms with Gasteiger partial charge in [-0.25, -0.2) is 4.99 Å². The van der Waals surface area contributed by atoms with Crippen molar-refractivity contribution < 1.29 is 20.4 Å². The molecule has 0 fully saturated rings. The molecule has 0 radical (unpaired) electrons. The average Bonchev–Trinajstić information content (AvgIpc) is 3.42. The molecule has 75 heavy (non-hydrogen) atoms. The number of hydrogen-bond donors (Lipinski definition) is 0. The molecule has 0 atom stereocenters. The van der Waals surface area contributed by atoms with Crippen LogP contribution in [0.1, 0.15) is 347 Å². The molecule has 0 unspecified atom stereocenters. The predicted molar refractivity (Wildman–Crippen MR) is 339 cm³/mol. The third-order valence-corrected chi connectivity index (χ3v) is 15.4. The van der Waals surface area contributed by atoms with Crippen molar-refractivity contribution in [3.63, 3.8) is 0 Å². The van der Waals surface area contributed by atoms with Crippen LogP contribution in [-0.4, -0.2) is 11.4 Å². The van der Waals surface area contributed by atoms with Crippen molar-refractivity contribution in [1.29, 1.82) is 0 Å². The molecular weight excluding hydrogens is 999 g/mol. The fraction of sp³-hybridized carbons (Fsp3) is 0.722. The maximum Gasteiger partial charge on any atom is 0.0848 e. The number of allylic oxidation sites excluding steroid dienone is 4. The first-order chi connectivity index (χ1) is 36.7. The van der Waals surface area contributed by atoms with Crippen LogP contribution in [0.2, 0.25) is 0 Å². The van der Waals surface area contributed by atoms with Crippen molar-refractivity contribution in [3.05, 3.63) is 84.0 Å². The van der Waals surface area contributed by atoms with Crippen molar-refractivity contribution in [2.45, 2.75) is 336 Å². The van der Waals surface area contributed by atoms with E-state index in [0.717, 1.165) is 48.5 Å². The Balaban J connectivity index is 0.0000281. The van der Waals surface area contributed by atoms with Crippen molar-refractivity contribution in [1.82, 2.24) is 0 Å². The predicted octanol–water partition coefficient (Wildman–Crippen LogP) is 25.9. The first kappa shape index (κ1) is 70.7. The van der Waals surface area contributed by atoms with Gasteiger partial charge in [0.1, 0.15) is 0 Å². The fourth-order valence-corrected chi connectivity index (χ4v) is 10.4. The van der Waals surface area contributed by atoms with Crippen LogP contribution in [0.25, 0.3) is 12.2 Å². The molecule has 0 amide bonds. The van der Waals surface area contributed by atoms with Gasteiger partial charge >= 0.3 is 0 Å². The molecule has 0 aromatic heterocycles. The molecule has 2 rings (SSSR count). The number of rotatable bonds is 54. The van der Waals surface area contributed by atoms with Crippen LogP contribution in [-0.2, 0) is 20.4 Å². The molecule has 0 heterocycles. The molecular formula is C72H122N2Pd. The molecule has 0 saturated carbocycles. The van der Waals surface area contributed by atoms with Crippen molar-refractivity contribution in [3.8, 4) is 0 Å². The van der Waals surface area contributed by atoms with Crippen LogP contribution in [0.15, 0.2) is 82.8 Å². The van der Waals surface area contributed by atoms with E-state index in [1.165, 1.54) is 294 Å². The van der Waals surface area contributed by atoms with Gasteiger partial charge in [-0.15, -0.1) is 0 Å². The first-order valence-electron chi connectivity index (χ1n) is 33.1. The smallest absolute Gasteiger partial charge is 0.0848 e. The number of nitrogens with zero attached hydrogens (tertiary/aromatic N) is 2. The van der Waals surface area contributed by atoms with Gasteiger partial charge in [0.2, 0.25) is 0 Å². The van der Waals surface area contributed by atoms with Gasteiger partial charge in [-0.2, -0.15) is 0 Å². The maximum absolute atomic E-state index is 5.32. The van der Waals surface area contributed by atoms with Crippen molar-refractivity contribution in [2.24, 2.45) is 9.98 Å². The molecule has 2 nitrogen and oxygen atoms in total. The van der Waals surface area contributed by atoms with E-state index < -0.39 is 0 Å². The van der Waals surface area contributed by atoms with E-state index >= 15 is 0 Å². The summed E-state index contributed by atoms with van der Waals surface area (Å²) < 4.78 is 0. The van der Waals surface area contributed by atoms with Crippen LogP contribution in [0, 0.1) is 0 Å². The summed E-state index contributed by atoms with van der Waals surface area (Å²) in [4.78, 5) is 10.6. The molecule has 0 aliphatic carbocycles. The molecule has 0 spiro atoms. The average molecular weight is 1120 g/mol. The minimum absolute atomic E-state index is 0. The summed E-state index contributed by atoms with van der Waals surface area (Å²) in [6, 6.07) is 17.7. The molecule has 430 valence electrons. The summed E-state index contributed by atoms with van der Waals surface area (Å²) in [6.45, 7) is 9.20. The van der Waals surface area contributed by atoms with Gasteiger partial charge < -0.3 is 0 Å². The van der Waals surface area contributed by atoms with Gasteiger partial charge in [0.05, 0.1) is 22.8 Å². The van der Waals surface area contributed by atoms with Crippen molar-refractivity contribution in [2.75, 3.05) is 0 Å². The van der Waals surface area contributed by atoms with Gasteiger partial charge in [-0.1, -0.05) is 339 Å². The first-order valence-corrected chi connectivity index (χ1v) is 33.1. The second kappa shape index (κ2) is 56.4. The van der Waals surface area contributed by atoms with E-state index in [9.17, 15) is 0 Å². The fourth-order valence-electron chi connectivity index (χ4n) is 10.4. The third kappa shape index (κ3) is 45.3. The van der Waals surface area contributed by atoms with E-state index in [1.54, 1.807) is 0 Å².